The molecular formula is C10H11FO3. The Bertz CT molecular complexity index is 372. The summed E-state index contributed by atoms with van der Waals surface area (Å²) in [6.45, 7) is 3.13. The Morgan fingerprint density at radius 1 is 1.50 bits per heavy atom. The van der Waals surface area contributed by atoms with Gasteiger partial charge in [0.2, 0.25) is 0 Å². The number of aromatic carboxylic acids is 1. The second kappa shape index (κ2) is 3.75. The quantitative estimate of drug-likeness (QED) is 0.762. The number of halogens is 1. The maximum atomic E-state index is 13.1. The number of aryl methyl sites for hydroxylation is 1. The number of hydrogen-bond donors (Lipinski definition) is 2. The van der Waals surface area contributed by atoms with Crippen LogP contribution in [-0.4, -0.2) is 16.2 Å². The van der Waals surface area contributed by atoms with Crippen LogP contribution >= 0.6 is 0 Å². The summed E-state index contributed by atoms with van der Waals surface area (Å²) in [6, 6.07) is 2.28. The van der Waals surface area contributed by atoms with Crippen molar-refractivity contribution in [2.24, 2.45) is 0 Å². The molecule has 0 spiro atoms. The lowest BCUT2D eigenvalue weighted by Gasteiger charge is -2.10. The van der Waals surface area contributed by atoms with Crippen molar-refractivity contribution in [3.8, 4) is 0 Å². The van der Waals surface area contributed by atoms with E-state index in [-0.39, 0.29) is 0 Å². The Morgan fingerprint density at radius 2 is 2.07 bits per heavy atom. The Hall–Kier alpha value is -1.42. The Balaban J connectivity index is 3.34. The van der Waals surface area contributed by atoms with Crippen LogP contribution in [0.25, 0.3) is 0 Å². The van der Waals surface area contributed by atoms with E-state index in [1.54, 1.807) is 6.92 Å². The van der Waals surface area contributed by atoms with Gasteiger partial charge in [-0.1, -0.05) is 0 Å². The maximum Gasteiger partial charge on any atom is 0.338 e. The summed E-state index contributed by atoms with van der Waals surface area (Å²) in [7, 11) is 0. The van der Waals surface area contributed by atoms with E-state index in [9.17, 15) is 14.3 Å². The van der Waals surface area contributed by atoms with Crippen molar-refractivity contribution < 1.29 is 19.4 Å². The van der Waals surface area contributed by atoms with Crippen LogP contribution < -0.4 is 0 Å². The van der Waals surface area contributed by atoms with Gasteiger partial charge in [-0.2, -0.15) is 0 Å². The van der Waals surface area contributed by atoms with Crippen LogP contribution in [0.2, 0.25) is 0 Å². The highest BCUT2D eigenvalue weighted by Crippen LogP contribution is 2.21. The first-order valence-electron chi connectivity index (χ1n) is 4.15. The molecule has 0 radical (unpaired) electrons. The van der Waals surface area contributed by atoms with Gasteiger partial charge in [-0.05, 0) is 37.1 Å². The van der Waals surface area contributed by atoms with E-state index in [0.29, 0.717) is 11.1 Å². The fraction of sp³-hybridized carbons (Fsp3) is 0.300. The van der Waals surface area contributed by atoms with E-state index in [2.05, 4.69) is 0 Å². The Morgan fingerprint density at radius 3 is 2.50 bits per heavy atom. The molecule has 0 heterocycles. The number of carboxylic acid groups (broad SMARTS) is 1. The second-order valence-corrected chi connectivity index (χ2v) is 3.17. The van der Waals surface area contributed by atoms with Gasteiger partial charge in [-0.15, -0.1) is 0 Å². The largest absolute Gasteiger partial charge is 0.478 e. The lowest BCUT2D eigenvalue weighted by atomic mass is 10.0. The van der Waals surface area contributed by atoms with Gasteiger partial charge in [-0.3, -0.25) is 0 Å². The third-order valence-corrected chi connectivity index (χ3v) is 2.04. The molecule has 0 fully saturated rings. The fourth-order valence-electron chi connectivity index (χ4n) is 1.30. The average molecular weight is 198 g/mol. The van der Waals surface area contributed by atoms with Crippen LogP contribution in [0.5, 0.6) is 0 Å². The topological polar surface area (TPSA) is 57.5 Å². The lowest BCUT2D eigenvalue weighted by molar-refractivity contribution is 0.0691. The SMILES string of the molecule is Cc1cc(F)c(C(=O)O)cc1C(C)O. The predicted octanol–water partition coefficient (Wildman–Crippen LogP) is 1.89. The number of aliphatic hydroxyl groups excluding tert-OH is 1. The highest BCUT2D eigenvalue weighted by molar-refractivity contribution is 5.88. The highest BCUT2D eigenvalue weighted by Gasteiger charge is 2.15. The predicted molar refractivity (Wildman–Crippen MR) is 48.7 cm³/mol. The summed E-state index contributed by atoms with van der Waals surface area (Å²) in [5, 5.41) is 17.9. The van der Waals surface area contributed by atoms with E-state index in [1.807, 2.05) is 0 Å². The summed E-state index contributed by atoms with van der Waals surface area (Å²) in [5.74, 6) is -2.11. The molecule has 0 aromatic heterocycles. The molecule has 3 nitrogen and oxygen atoms in total. The van der Waals surface area contributed by atoms with Gasteiger partial charge < -0.3 is 10.2 Å². The van der Waals surface area contributed by atoms with Crippen LogP contribution in [0.15, 0.2) is 12.1 Å². The van der Waals surface area contributed by atoms with Gasteiger partial charge in [-0.25, -0.2) is 9.18 Å². The molecule has 2 N–H and O–H groups in total. The molecule has 1 atom stereocenters. The normalized spacial score (nSPS) is 12.6. The van der Waals surface area contributed by atoms with Crippen molar-refractivity contribution in [3.63, 3.8) is 0 Å². The minimum absolute atomic E-state index is 0.411. The molecule has 4 heteroatoms. The number of carboxylic acids is 1. The van der Waals surface area contributed by atoms with Crippen molar-refractivity contribution in [2.75, 3.05) is 0 Å². The zero-order valence-corrected chi connectivity index (χ0v) is 7.91. The fourth-order valence-corrected chi connectivity index (χ4v) is 1.30. The average Bonchev–Trinajstić information content (AvgIpc) is 2.02. The molecule has 1 rings (SSSR count). The second-order valence-electron chi connectivity index (χ2n) is 3.17. The van der Waals surface area contributed by atoms with Gasteiger partial charge in [0.25, 0.3) is 0 Å². The van der Waals surface area contributed by atoms with E-state index in [4.69, 9.17) is 5.11 Å². The van der Waals surface area contributed by atoms with E-state index >= 15 is 0 Å². The van der Waals surface area contributed by atoms with Gasteiger partial charge in [0.05, 0.1) is 11.7 Å². The first kappa shape index (κ1) is 10.7. The van der Waals surface area contributed by atoms with Crippen molar-refractivity contribution in [1.29, 1.82) is 0 Å². The van der Waals surface area contributed by atoms with Gasteiger partial charge in [0.15, 0.2) is 0 Å². The van der Waals surface area contributed by atoms with Crippen molar-refractivity contribution in [3.05, 3.63) is 34.6 Å². The molecule has 0 aliphatic heterocycles. The smallest absolute Gasteiger partial charge is 0.338 e. The van der Waals surface area contributed by atoms with Crippen LogP contribution in [0, 0.1) is 12.7 Å². The van der Waals surface area contributed by atoms with Crippen molar-refractivity contribution in [2.45, 2.75) is 20.0 Å². The van der Waals surface area contributed by atoms with Crippen LogP contribution in [0.4, 0.5) is 4.39 Å². The summed E-state index contributed by atoms with van der Waals surface area (Å²) < 4.78 is 13.1. The van der Waals surface area contributed by atoms with Gasteiger partial charge >= 0.3 is 5.97 Å². The number of benzene rings is 1. The van der Waals surface area contributed by atoms with Crippen molar-refractivity contribution in [1.82, 2.24) is 0 Å². The number of carbonyl (C=O) groups is 1. The molecule has 0 amide bonds. The highest BCUT2D eigenvalue weighted by atomic mass is 19.1. The third kappa shape index (κ3) is 1.90. The number of aliphatic hydroxyl groups is 1. The van der Waals surface area contributed by atoms with E-state index < -0.39 is 23.5 Å². The van der Waals surface area contributed by atoms with Crippen LogP contribution in [-0.2, 0) is 0 Å². The molecule has 0 saturated heterocycles. The summed E-state index contributed by atoms with van der Waals surface area (Å²) in [6.07, 6.45) is -0.798. The molecular weight excluding hydrogens is 187 g/mol. The van der Waals surface area contributed by atoms with Crippen molar-refractivity contribution >= 4 is 5.97 Å². The molecule has 1 unspecified atom stereocenters. The zero-order chi connectivity index (χ0) is 10.9. The standard InChI is InChI=1S/C10H11FO3/c1-5-3-9(11)8(10(13)14)4-7(5)6(2)12/h3-4,6,12H,1-2H3,(H,13,14). The van der Waals surface area contributed by atoms with Crippen LogP contribution in [0.3, 0.4) is 0 Å². The van der Waals surface area contributed by atoms with Gasteiger partial charge in [0.1, 0.15) is 5.82 Å². The molecule has 0 bridgehead atoms. The molecule has 14 heavy (non-hydrogen) atoms. The monoisotopic (exact) mass is 198 g/mol. The molecule has 76 valence electrons. The molecule has 0 aliphatic carbocycles. The molecule has 0 aliphatic rings. The first-order chi connectivity index (χ1) is 6.43. The van der Waals surface area contributed by atoms with Gasteiger partial charge in [0, 0.05) is 0 Å². The minimum Gasteiger partial charge on any atom is -0.478 e. The molecule has 1 aromatic carbocycles. The number of rotatable bonds is 2. The summed E-state index contributed by atoms with van der Waals surface area (Å²) in [4.78, 5) is 10.6. The maximum absolute atomic E-state index is 13.1. The molecule has 0 saturated carbocycles. The molecule has 1 aromatic rings. The number of hydrogen-bond acceptors (Lipinski definition) is 2. The zero-order valence-electron chi connectivity index (χ0n) is 7.91. The third-order valence-electron chi connectivity index (χ3n) is 2.04. The minimum atomic E-state index is -1.33. The van der Waals surface area contributed by atoms with Crippen LogP contribution in [0.1, 0.15) is 34.5 Å². The summed E-state index contributed by atoms with van der Waals surface area (Å²) in [5.41, 5.74) is 0.567. The Labute approximate surface area is 80.8 Å². The lowest BCUT2D eigenvalue weighted by Crippen LogP contribution is -2.05. The van der Waals surface area contributed by atoms with E-state index in [1.165, 1.54) is 6.92 Å². The summed E-state index contributed by atoms with van der Waals surface area (Å²) >= 11 is 0. The Kier molecular flexibility index (Phi) is 2.86. The van der Waals surface area contributed by atoms with E-state index in [0.717, 1.165) is 12.1 Å². The first-order valence-corrected chi connectivity index (χ1v) is 4.15.